The van der Waals surface area contributed by atoms with Crippen molar-refractivity contribution in [1.82, 2.24) is 0 Å². The summed E-state index contributed by atoms with van der Waals surface area (Å²) in [5.41, 5.74) is 4.35. The van der Waals surface area contributed by atoms with Gasteiger partial charge in [-0.05, 0) is 44.0 Å². The van der Waals surface area contributed by atoms with Crippen molar-refractivity contribution in [2.75, 3.05) is 5.32 Å². The van der Waals surface area contributed by atoms with Crippen molar-refractivity contribution in [2.24, 2.45) is 0 Å². The minimum atomic E-state index is -2.81. The molecule has 0 heterocycles. The Hall–Kier alpha value is -2.10. The Balaban J connectivity index is 2.13. The van der Waals surface area contributed by atoms with Crippen LogP contribution in [-0.2, 0) is 0 Å². The van der Waals surface area contributed by atoms with Crippen LogP contribution in [0.3, 0.4) is 0 Å². The van der Waals surface area contributed by atoms with Gasteiger partial charge >= 0.3 is 6.61 Å². The standard InChI is InChI=1S/C17H19F2NO/c1-11-7-8-16(12(2)9-11)13(3)20-14-5-4-6-15(10-14)21-17(18)19/h4-10,13,17,20H,1-3H3. The van der Waals surface area contributed by atoms with Crippen molar-refractivity contribution in [3.63, 3.8) is 0 Å². The Labute approximate surface area is 123 Å². The monoisotopic (exact) mass is 291 g/mol. The lowest BCUT2D eigenvalue weighted by atomic mass is 10.00. The van der Waals surface area contributed by atoms with Gasteiger partial charge in [-0.15, -0.1) is 0 Å². The second kappa shape index (κ2) is 6.57. The van der Waals surface area contributed by atoms with Crippen molar-refractivity contribution in [3.05, 3.63) is 59.2 Å². The number of halogens is 2. The van der Waals surface area contributed by atoms with Gasteiger partial charge in [0.05, 0.1) is 0 Å². The highest BCUT2D eigenvalue weighted by atomic mass is 19.3. The van der Waals surface area contributed by atoms with Crippen LogP contribution in [0.25, 0.3) is 0 Å². The molecule has 0 saturated heterocycles. The van der Waals surface area contributed by atoms with Crippen molar-refractivity contribution in [3.8, 4) is 5.75 Å². The van der Waals surface area contributed by atoms with E-state index in [1.165, 1.54) is 22.8 Å². The van der Waals surface area contributed by atoms with Crippen molar-refractivity contribution >= 4 is 5.69 Å². The molecule has 4 heteroatoms. The van der Waals surface area contributed by atoms with Crippen LogP contribution in [-0.4, -0.2) is 6.61 Å². The maximum atomic E-state index is 12.2. The van der Waals surface area contributed by atoms with E-state index in [4.69, 9.17) is 0 Å². The number of hydrogen-bond acceptors (Lipinski definition) is 2. The van der Waals surface area contributed by atoms with Gasteiger partial charge in [0, 0.05) is 17.8 Å². The van der Waals surface area contributed by atoms with Gasteiger partial charge in [-0.25, -0.2) is 0 Å². The van der Waals surface area contributed by atoms with Gasteiger partial charge in [0.15, 0.2) is 0 Å². The normalized spacial score (nSPS) is 12.3. The van der Waals surface area contributed by atoms with E-state index >= 15 is 0 Å². The minimum Gasteiger partial charge on any atom is -0.435 e. The van der Waals surface area contributed by atoms with Crippen LogP contribution in [0.5, 0.6) is 5.75 Å². The van der Waals surface area contributed by atoms with E-state index in [9.17, 15) is 8.78 Å². The first kappa shape index (κ1) is 15.3. The molecule has 2 aromatic carbocycles. The van der Waals surface area contributed by atoms with E-state index in [2.05, 4.69) is 42.1 Å². The molecule has 0 radical (unpaired) electrons. The summed E-state index contributed by atoms with van der Waals surface area (Å²) in [5.74, 6) is 0.155. The minimum absolute atomic E-state index is 0.0763. The molecule has 0 spiro atoms. The quantitative estimate of drug-likeness (QED) is 0.829. The summed E-state index contributed by atoms with van der Waals surface area (Å²) in [4.78, 5) is 0. The first-order valence-corrected chi connectivity index (χ1v) is 6.84. The van der Waals surface area contributed by atoms with Gasteiger partial charge in [0.2, 0.25) is 0 Å². The van der Waals surface area contributed by atoms with E-state index in [0.29, 0.717) is 0 Å². The summed E-state index contributed by atoms with van der Waals surface area (Å²) < 4.78 is 28.9. The largest absolute Gasteiger partial charge is 0.435 e. The molecule has 0 bridgehead atoms. The van der Waals surface area contributed by atoms with Crippen molar-refractivity contribution < 1.29 is 13.5 Å². The van der Waals surface area contributed by atoms with Gasteiger partial charge in [0.1, 0.15) is 5.75 Å². The Bertz CT molecular complexity index is 613. The van der Waals surface area contributed by atoms with Gasteiger partial charge in [-0.1, -0.05) is 29.8 Å². The molecule has 0 fully saturated rings. The third-order valence-corrected chi connectivity index (χ3v) is 3.33. The number of ether oxygens (including phenoxy) is 1. The SMILES string of the molecule is Cc1ccc(C(C)Nc2cccc(OC(F)F)c2)c(C)c1. The number of aryl methyl sites for hydroxylation is 2. The predicted molar refractivity (Wildman–Crippen MR) is 81.0 cm³/mol. The number of alkyl halides is 2. The second-order valence-electron chi connectivity index (χ2n) is 5.13. The Morgan fingerprint density at radius 3 is 2.48 bits per heavy atom. The third kappa shape index (κ3) is 4.18. The lowest BCUT2D eigenvalue weighted by Crippen LogP contribution is -2.09. The fourth-order valence-corrected chi connectivity index (χ4v) is 2.40. The number of benzene rings is 2. The number of hydrogen-bond donors (Lipinski definition) is 1. The zero-order valence-corrected chi connectivity index (χ0v) is 12.4. The highest BCUT2D eigenvalue weighted by molar-refractivity contribution is 5.50. The van der Waals surface area contributed by atoms with Crippen LogP contribution in [0.1, 0.15) is 29.7 Å². The van der Waals surface area contributed by atoms with Gasteiger partial charge in [0.25, 0.3) is 0 Å². The molecule has 0 amide bonds. The number of nitrogens with one attached hydrogen (secondary N) is 1. The predicted octanol–water partition coefficient (Wildman–Crippen LogP) is 5.08. The molecule has 112 valence electrons. The molecule has 0 aliphatic carbocycles. The highest BCUT2D eigenvalue weighted by Crippen LogP contribution is 2.25. The van der Waals surface area contributed by atoms with E-state index in [1.807, 2.05) is 13.0 Å². The molecule has 0 aliphatic rings. The molecule has 1 N–H and O–H groups in total. The van der Waals surface area contributed by atoms with E-state index < -0.39 is 6.61 Å². The first-order valence-electron chi connectivity index (χ1n) is 6.84. The van der Waals surface area contributed by atoms with Gasteiger partial charge in [-0.2, -0.15) is 8.78 Å². The summed E-state index contributed by atoms with van der Waals surface area (Å²) in [5, 5.41) is 3.31. The summed E-state index contributed by atoms with van der Waals surface area (Å²) in [6, 6.07) is 13.0. The highest BCUT2D eigenvalue weighted by Gasteiger charge is 2.10. The maximum absolute atomic E-state index is 12.2. The van der Waals surface area contributed by atoms with Gasteiger partial charge < -0.3 is 10.1 Å². The van der Waals surface area contributed by atoms with Crippen LogP contribution in [0.2, 0.25) is 0 Å². The summed E-state index contributed by atoms with van der Waals surface area (Å²) in [7, 11) is 0. The lowest BCUT2D eigenvalue weighted by molar-refractivity contribution is -0.0498. The molecule has 0 aliphatic heterocycles. The number of anilines is 1. The maximum Gasteiger partial charge on any atom is 0.387 e. The molecule has 21 heavy (non-hydrogen) atoms. The fourth-order valence-electron chi connectivity index (χ4n) is 2.40. The van der Waals surface area contributed by atoms with Crippen LogP contribution < -0.4 is 10.1 Å². The van der Waals surface area contributed by atoms with Gasteiger partial charge in [-0.3, -0.25) is 0 Å². The lowest BCUT2D eigenvalue weighted by Gasteiger charge is -2.19. The zero-order chi connectivity index (χ0) is 15.4. The molecule has 0 aromatic heterocycles. The molecule has 0 saturated carbocycles. The molecular weight excluding hydrogens is 272 g/mol. The Kier molecular flexibility index (Phi) is 4.78. The molecule has 1 unspecified atom stereocenters. The smallest absolute Gasteiger partial charge is 0.387 e. The van der Waals surface area contributed by atoms with Crippen molar-refractivity contribution in [2.45, 2.75) is 33.4 Å². The summed E-state index contributed by atoms with van der Waals surface area (Å²) in [6.07, 6.45) is 0. The van der Waals surface area contributed by atoms with Crippen LogP contribution in [0, 0.1) is 13.8 Å². The summed E-state index contributed by atoms with van der Waals surface area (Å²) >= 11 is 0. The Morgan fingerprint density at radius 1 is 1.05 bits per heavy atom. The van der Waals surface area contributed by atoms with Crippen LogP contribution in [0.15, 0.2) is 42.5 Å². The van der Waals surface area contributed by atoms with E-state index in [1.54, 1.807) is 12.1 Å². The molecular formula is C17H19F2NO. The molecule has 2 rings (SSSR count). The average Bonchev–Trinajstić information content (AvgIpc) is 2.37. The first-order chi connectivity index (χ1) is 9.95. The third-order valence-electron chi connectivity index (χ3n) is 3.33. The van der Waals surface area contributed by atoms with Crippen LogP contribution in [0.4, 0.5) is 14.5 Å². The average molecular weight is 291 g/mol. The number of rotatable bonds is 5. The topological polar surface area (TPSA) is 21.3 Å². The molecule has 2 nitrogen and oxygen atoms in total. The molecule has 2 aromatic rings. The Morgan fingerprint density at radius 2 is 1.81 bits per heavy atom. The second-order valence-corrected chi connectivity index (χ2v) is 5.13. The fraction of sp³-hybridized carbons (Fsp3) is 0.294. The molecule has 1 atom stereocenters. The summed E-state index contributed by atoms with van der Waals surface area (Å²) in [6.45, 7) is 3.35. The zero-order valence-electron chi connectivity index (χ0n) is 12.4. The van der Waals surface area contributed by atoms with E-state index in [0.717, 1.165) is 5.69 Å². The van der Waals surface area contributed by atoms with E-state index in [-0.39, 0.29) is 11.8 Å². The van der Waals surface area contributed by atoms with Crippen molar-refractivity contribution in [1.29, 1.82) is 0 Å². The van der Waals surface area contributed by atoms with Crippen LogP contribution >= 0.6 is 0 Å².